The van der Waals surface area contributed by atoms with Crippen LogP contribution in [0, 0.1) is 0 Å². The normalized spacial score (nSPS) is 11.9. The van der Waals surface area contributed by atoms with Crippen molar-refractivity contribution in [1.82, 2.24) is 0 Å². The summed E-state index contributed by atoms with van der Waals surface area (Å²) >= 11 is 0. The first-order valence-corrected chi connectivity index (χ1v) is 4.70. The topological polar surface area (TPSA) is 76.0 Å². The second kappa shape index (κ2) is 5.37. The molecule has 1 unspecified atom stereocenters. The zero-order valence-electron chi connectivity index (χ0n) is 9.14. The van der Waals surface area contributed by atoms with E-state index in [1.807, 2.05) is 0 Å². The highest BCUT2D eigenvalue weighted by atomic mass is 16.5. The van der Waals surface area contributed by atoms with Crippen LogP contribution in [0.4, 0.5) is 0 Å². The summed E-state index contributed by atoms with van der Waals surface area (Å²) in [6, 6.07) is 5.00. The summed E-state index contributed by atoms with van der Waals surface area (Å²) in [5.41, 5.74) is 0.674. The number of carbonyl (C=O) groups is 1. The van der Waals surface area contributed by atoms with E-state index in [1.54, 1.807) is 18.2 Å². The van der Waals surface area contributed by atoms with Gasteiger partial charge in [-0.15, -0.1) is 0 Å². The van der Waals surface area contributed by atoms with Crippen LogP contribution in [-0.2, 0) is 11.2 Å². The molecule has 88 valence electrons. The molecule has 0 aliphatic rings. The fourth-order valence-corrected chi connectivity index (χ4v) is 1.32. The molecular formula is C11H14O5. The molecule has 0 amide bonds. The Hall–Kier alpha value is -1.75. The van der Waals surface area contributed by atoms with Gasteiger partial charge in [-0.3, -0.25) is 0 Å². The molecule has 0 aliphatic heterocycles. The molecule has 0 fully saturated rings. The zero-order valence-corrected chi connectivity index (χ0v) is 9.14. The Labute approximate surface area is 93.2 Å². The number of aliphatic hydroxyl groups excluding tert-OH is 1. The van der Waals surface area contributed by atoms with E-state index in [4.69, 9.17) is 14.6 Å². The Morgan fingerprint density at radius 3 is 2.44 bits per heavy atom. The number of benzene rings is 1. The molecule has 0 aromatic heterocycles. The van der Waals surface area contributed by atoms with Gasteiger partial charge in [0.15, 0.2) is 17.6 Å². The van der Waals surface area contributed by atoms with Gasteiger partial charge < -0.3 is 19.7 Å². The van der Waals surface area contributed by atoms with E-state index >= 15 is 0 Å². The van der Waals surface area contributed by atoms with Gasteiger partial charge in [0.1, 0.15) is 0 Å². The number of hydrogen-bond donors (Lipinski definition) is 2. The highest BCUT2D eigenvalue weighted by Crippen LogP contribution is 2.27. The van der Waals surface area contributed by atoms with Crippen LogP contribution in [0.25, 0.3) is 0 Å². The Morgan fingerprint density at radius 2 is 1.94 bits per heavy atom. The van der Waals surface area contributed by atoms with E-state index in [9.17, 15) is 9.90 Å². The van der Waals surface area contributed by atoms with E-state index in [1.165, 1.54) is 14.2 Å². The van der Waals surface area contributed by atoms with Crippen molar-refractivity contribution in [1.29, 1.82) is 0 Å². The van der Waals surface area contributed by atoms with Crippen LogP contribution in [-0.4, -0.2) is 36.5 Å². The predicted octanol–water partition coefficient (Wildman–Crippen LogP) is 0.692. The lowest BCUT2D eigenvalue weighted by atomic mass is 10.1. The average molecular weight is 226 g/mol. The average Bonchev–Trinajstić information content (AvgIpc) is 2.28. The van der Waals surface area contributed by atoms with Gasteiger partial charge in [-0.1, -0.05) is 6.07 Å². The van der Waals surface area contributed by atoms with Gasteiger partial charge in [0, 0.05) is 6.42 Å². The van der Waals surface area contributed by atoms with Crippen LogP contribution in [0.5, 0.6) is 11.5 Å². The van der Waals surface area contributed by atoms with Crippen LogP contribution in [0.15, 0.2) is 18.2 Å². The first-order valence-electron chi connectivity index (χ1n) is 4.70. The predicted molar refractivity (Wildman–Crippen MR) is 56.9 cm³/mol. The second-order valence-corrected chi connectivity index (χ2v) is 3.25. The standard InChI is InChI=1S/C11H14O5/c1-15-9-4-3-7(6-10(9)16-2)5-8(12)11(13)14/h3-4,6,8,12H,5H2,1-2H3,(H,13,14). The Balaban J connectivity index is 2.86. The van der Waals surface area contributed by atoms with Crippen molar-refractivity contribution in [2.75, 3.05) is 14.2 Å². The maximum Gasteiger partial charge on any atom is 0.332 e. The monoisotopic (exact) mass is 226 g/mol. The largest absolute Gasteiger partial charge is 0.493 e. The number of ether oxygens (including phenoxy) is 2. The minimum Gasteiger partial charge on any atom is -0.493 e. The molecule has 1 aromatic carbocycles. The maximum atomic E-state index is 10.5. The van der Waals surface area contributed by atoms with Crippen molar-refractivity contribution in [2.45, 2.75) is 12.5 Å². The molecule has 0 saturated carbocycles. The van der Waals surface area contributed by atoms with E-state index in [0.29, 0.717) is 17.1 Å². The molecular weight excluding hydrogens is 212 g/mol. The SMILES string of the molecule is COc1ccc(CC(O)C(=O)O)cc1OC. The van der Waals surface area contributed by atoms with Crippen LogP contribution in [0.1, 0.15) is 5.56 Å². The van der Waals surface area contributed by atoms with Crippen molar-refractivity contribution in [3.05, 3.63) is 23.8 Å². The van der Waals surface area contributed by atoms with Crippen LogP contribution < -0.4 is 9.47 Å². The summed E-state index contributed by atoms with van der Waals surface area (Å²) in [6.45, 7) is 0. The fourth-order valence-electron chi connectivity index (χ4n) is 1.32. The summed E-state index contributed by atoms with van der Waals surface area (Å²) in [5.74, 6) is -0.163. The van der Waals surface area contributed by atoms with Crippen molar-refractivity contribution < 1.29 is 24.5 Å². The third-order valence-electron chi connectivity index (χ3n) is 2.16. The zero-order chi connectivity index (χ0) is 12.1. The molecule has 0 radical (unpaired) electrons. The second-order valence-electron chi connectivity index (χ2n) is 3.25. The number of aliphatic hydroxyl groups is 1. The number of carboxylic acids is 1. The molecule has 0 saturated heterocycles. The summed E-state index contributed by atoms with van der Waals surface area (Å²) in [5, 5.41) is 17.8. The lowest BCUT2D eigenvalue weighted by Gasteiger charge is -2.10. The van der Waals surface area contributed by atoms with Gasteiger partial charge in [0.2, 0.25) is 0 Å². The van der Waals surface area contributed by atoms with Gasteiger partial charge >= 0.3 is 5.97 Å². The molecule has 0 heterocycles. The molecule has 0 aliphatic carbocycles. The first-order chi connectivity index (χ1) is 7.58. The van der Waals surface area contributed by atoms with Crippen LogP contribution >= 0.6 is 0 Å². The third-order valence-corrected chi connectivity index (χ3v) is 2.16. The third kappa shape index (κ3) is 2.87. The quantitative estimate of drug-likeness (QED) is 0.772. The van der Waals surface area contributed by atoms with Crippen molar-refractivity contribution in [3.63, 3.8) is 0 Å². The fraction of sp³-hybridized carbons (Fsp3) is 0.364. The van der Waals surface area contributed by atoms with Gasteiger partial charge in [-0.05, 0) is 17.7 Å². The number of hydrogen-bond acceptors (Lipinski definition) is 4. The lowest BCUT2D eigenvalue weighted by Crippen LogP contribution is -2.21. The molecule has 0 bridgehead atoms. The number of rotatable bonds is 5. The van der Waals surface area contributed by atoms with E-state index in [-0.39, 0.29) is 6.42 Å². The molecule has 1 atom stereocenters. The Kier molecular flexibility index (Phi) is 4.13. The summed E-state index contributed by atoms with van der Waals surface area (Å²) in [6.07, 6.45) is -1.37. The molecule has 1 rings (SSSR count). The van der Waals surface area contributed by atoms with Gasteiger partial charge in [-0.25, -0.2) is 4.79 Å². The number of carboxylic acid groups (broad SMARTS) is 1. The summed E-state index contributed by atoms with van der Waals surface area (Å²) in [4.78, 5) is 10.5. The minimum absolute atomic E-state index is 0.0374. The Bertz CT molecular complexity index is 375. The molecule has 0 spiro atoms. The first kappa shape index (κ1) is 12.3. The molecule has 16 heavy (non-hydrogen) atoms. The van der Waals surface area contributed by atoms with Gasteiger partial charge in [0.05, 0.1) is 14.2 Å². The minimum atomic E-state index is -1.40. The van der Waals surface area contributed by atoms with E-state index in [0.717, 1.165) is 0 Å². The summed E-state index contributed by atoms with van der Waals surface area (Å²) in [7, 11) is 3.01. The number of methoxy groups -OCH3 is 2. The van der Waals surface area contributed by atoms with E-state index in [2.05, 4.69) is 0 Å². The van der Waals surface area contributed by atoms with Crippen molar-refractivity contribution >= 4 is 5.97 Å². The van der Waals surface area contributed by atoms with Crippen molar-refractivity contribution in [3.8, 4) is 11.5 Å². The molecule has 5 nitrogen and oxygen atoms in total. The van der Waals surface area contributed by atoms with Gasteiger partial charge in [0.25, 0.3) is 0 Å². The van der Waals surface area contributed by atoms with Crippen molar-refractivity contribution in [2.24, 2.45) is 0 Å². The van der Waals surface area contributed by atoms with Crippen LogP contribution in [0.2, 0.25) is 0 Å². The van der Waals surface area contributed by atoms with Gasteiger partial charge in [-0.2, -0.15) is 0 Å². The lowest BCUT2D eigenvalue weighted by molar-refractivity contribution is -0.146. The Morgan fingerprint density at radius 1 is 1.31 bits per heavy atom. The summed E-state index contributed by atoms with van der Waals surface area (Å²) < 4.78 is 10.1. The smallest absolute Gasteiger partial charge is 0.332 e. The van der Waals surface area contributed by atoms with Crippen LogP contribution in [0.3, 0.4) is 0 Å². The maximum absolute atomic E-state index is 10.5. The highest BCUT2D eigenvalue weighted by molar-refractivity contribution is 5.72. The number of aliphatic carboxylic acids is 1. The molecule has 5 heteroatoms. The van der Waals surface area contributed by atoms with E-state index < -0.39 is 12.1 Å². The molecule has 2 N–H and O–H groups in total. The molecule has 1 aromatic rings. The highest BCUT2D eigenvalue weighted by Gasteiger charge is 2.14.